The van der Waals surface area contributed by atoms with Crippen molar-refractivity contribution in [3.8, 4) is 0 Å². The average Bonchev–Trinajstić information content (AvgIpc) is 3.25. The molecule has 2 aliphatic rings. The number of anilines is 1. The van der Waals surface area contributed by atoms with Crippen molar-refractivity contribution in [1.82, 2.24) is 14.9 Å². The first kappa shape index (κ1) is 21.7. The Morgan fingerprint density at radius 3 is 2.33 bits per heavy atom. The molecule has 160 valence electrons. The number of pyridine rings is 2. The van der Waals surface area contributed by atoms with Gasteiger partial charge in [-0.2, -0.15) is 13.2 Å². The molecular formula is C20H21F3N4O3. The predicted molar refractivity (Wildman–Crippen MR) is 101 cm³/mol. The zero-order chi connectivity index (χ0) is 21.8. The first-order valence-electron chi connectivity index (χ1n) is 9.32. The standard InChI is InChI=1S/C18H20N4O.C2HF3O2/c23-17-11-18(14-22(17)16-6-2-4-9-20-16)7-10-21(13-18)12-15-5-1-3-8-19-15;3-2(4,5)1(6)7/h1-6,8-9H,7,10-14H2;(H,6,7). The predicted octanol–water partition coefficient (Wildman–Crippen LogP) is 2.74. The van der Waals surface area contributed by atoms with Gasteiger partial charge in [0.15, 0.2) is 0 Å². The fraction of sp³-hybridized carbons (Fsp3) is 0.400. The van der Waals surface area contributed by atoms with Crippen molar-refractivity contribution in [2.45, 2.75) is 25.6 Å². The molecule has 1 unspecified atom stereocenters. The minimum absolute atomic E-state index is 0.0728. The third-order valence-corrected chi connectivity index (χ3v) is 5.12. The normalized spacial score (nSPS) is 21.6. The molecule has 2 saturated heterocycles. The minimum Gasteiger partial charge on any atom is -0.475 e. The molecule has 0 saturated carbocycles. The number of carboxylic acid groups (broad SMARTS) is 1. The first-order valence-corrected chi connectivity index (χ1v) is 9.32. The highest BCUT2D eigenvalue weighted by Gasteiger charge is 2.48. The van der Waals surface area contributed by atoms with Crippen LogP contribution in [0.2, 0.25) is 0 Å². The summed E-state index contributed by atoms with van der Waals surface area (Å²) in [6.07, 6.45) is 0.190. The van der Waals surface area contributed by atoms with Gasteiger partial charge < -0.3 is 5.11 Å². The van der Waals surface area contributed by atoms with Gasteiger partial charge in [-0.25, -0.2) is 9.78 Å². The number of halogens is 3. The lowest BCUT2D eigenvalue weighted by atomic mass is 9.86. The number of amides is 1. The Labute approximate surface area is 171 Å². The number of carbonyl (C=O) groups is 2. The zero-order valence-corrected chi connectivity index (χ0v) is 16.0. The first-order chi connectivity index (χ1) is 14.2. The quantitative estimate of drug-likeness (QED) is 0.819. The zero-order valence-electron chi connectivity index (χ0n) is 16.0. The number of aliphatic carboxylic acids is 1. The van der Waals surface area contributed by atoms with Crippen LogP contribution in [0.25, 0.3) is 0 Å². The molecule has 10 heteroatoms. The second-order valence-corrected chi connectivity index (χ2v) is 7.43. The number of carbonyl (C=O) groups excluding carboxylic acids is 1. The highest BCUT2D eigenvalue weighted by molar-refractivity contribution is 5.95. The summed E-state index contributed by atoms with van der Waals surface area (Å²) in [4.78, 5) is 34.4. The molecule has 2 aromatic heterocycles. The van der Waals surface area contributed by atoms with Crippen LogP contribution in [0.5, 0.6) is 0 Å². The molecule has 1 atom stereocenters. The molecule has 0 bridgehead atoms. The molecule has 30 heavy (non-hydrogen) atoms. The SMILES string of the molecule is O=C(O)C(F)(F)F.O=C1CC2(CCN(Cc3ccccn3)C2)CN1c1ccccn1. The molecule has 4 heterocycles. The highest BCUT2D eigenvalue weighted by atomic mass is 19.4. The van der Waals surface area contributed by atoms with E-state index in [0.717, 1.165) is 44.1 Å². The van der Waals surface area contributed by atoms with Crippen LogP contribution in [0, 0.1) is 5.41 Å². The minimum atomic E-state index is -5.08. The van der Waals surface area contributed by atoms with Gasteiger partial charge in [-0.05, 0) is 37.2 Å². The Morgan fingerprint density at radius 1 is 1.10 bits per heavy atom. The Hall–Kier alpha value is -3.01. The van der Waals surface area contributed by atoms with Crippen molar-refractivity contribution in [2.24, 2.45) is 5.41 Å². The van der Waals surface area contributed by atoms with E-state index < -0.39 is 12.1 Å². The van der Waals surface area contributed by atoms with Crippen LogP contribution in [0.1, 0.15) is 18.5 Å². The number of nitrogens with zero attached hydrogens (tertiary/aromatic N) is 4. The van der Waals surface area contributed by atoms with Crippen molar-refractivity contribution in [1.29, 1.82) is 0 Å². The lowest BCUT2D eigenvalue weighted by Crippen LogP contribution is -2.31. The summed E-state index contributed by atoms with van der Waals surface area (Å²) in [5.41, 5.74) is 1.17. The molecule has 0 aliphatic carbocycles. The van der Waals surface area contributed by atoms with Crippen LogP contribution in [0.4, 0.5) is 19.0 Å². The second-order valence-electron chi connectivity index (χ2n) is 7.43. The second kappa shape index (κ2) is 8.78. The summed E-state index contributed by atoms with van der Waals surface area (Å²) < 4.78 is 31.7. The largest absolute Gasteiger partial charge is 0.490 e. The fourth-order valence-corrected chi connectivity index (χ4v) is 3.77. The maximum Gasteiger partial charge on any atom is 0.490 e. The molecule has 1 amide bonds. The Balaban J connectivity index is 0.000000318. The average molecular weight is 422 g/mol. The Morgan fingerprint density at radius 2 is 1.77 bits per heavy atom. The molecule has 2 fully saturated rings. The van der Waals surface area contributed by atoms with Gasteiger partial charge in [0.1, 0.15) is 5.82 Å². The van der Waals surface area contributed by atoms with Gasteiger partial charge in [-0.3, -0.25) is 19.6 Å². The van der Waals surface area contributed by atoms with Gasteiger partial charge in [0.2, 0.25) is 5.91 Å². The maximum atomic E-state index is 12.5. The van der Waals surface area contributed by atoms with Gasteiger partial charge in [0.25, 0.3) is 0 Å². The number of carboxylic acids is 1. The number of likely N-dealkylation sites (tertiary alicyclic amines) is 1. The van der Waals surface area contributed by atoms with Gasteiger partial charge in [-0.1, -0.05) is 12.1 Å². The summed E-state index contributed by atoms with van der Waals surface area (Å²) in [6.45, 7) is 3.63. The van der Waals surface area contributed by atoms with Gasteiger partial charge >= 0.3 is 12.1 Å². The van der Waals surface area contributed by atoms with E-state index >= 15 is 0 Å². The summed E-state index contributed by atoms with van der Waals surface area (Å²) >= 11 is 0. The van der Waals surface area contributed by atoms with E-state index in [4.69, 9.17) is 9.90 Å². The van der Waals surface area contributed by atoms with Crippen LogP contribution >= 0.6 is 0 Å². The van der Waals surface area contributed by atoms with Crippen molar-refractivity contribution in [3.05, 3.63) is 54.5 Å². The Kier molecular flexibility index (Phi) is 6.35. The number of hydrogen-bond acceptors (Lipinski definition) is 5. The molecular weight excluding hydrogens is 401 g/mol. The van der Waals surface area contributed by atoms with E-state index in [9.17, 15) is 18.0 Å². The number of rotatable bonds is 3. The van der Waals surface area contributed by atoms with E-state index in [1.165, 1.54) is 0 Å². The third-order valence-electron chi connectivity index (χ3n) is 5.12. The van der Waals surface area contributed by atoms with Gasteiger partial charge in [0.05, 0.1) is 5.69 Å². The summed E-state index contributed by atoms with van der Waals surface area (Å²) in [5.74, 6) is -1.78. The maximum absolute atomic E-state index is 12.5. The van der Waals surface area contributed by atoms with Crippen LogP contribution in [0.15, 0.2) is 48.8 Å². The van der Waals surface area contributed by atoms with E-state index in [0.29, 0.717) is 6.42 Å². The summed E-state index contributed by atoms with van der Waals surface area (Å²) in [5, 5.41) is 7.12. The molecule has 4 rings (SSSR count). The molecule has 0 aromatic carbocycles. The lowest BCUT2D eigenvalue weighted by molar-refractivity contribution is -0.192. The Bertz CT molecular complexity index is 880. The van der Waals surface area contributed by atoms with Crippen LogP contribution in [-0.2, 0) is 16.1 Å². The van der Waals surface area contributed by atoms with Gasteiger partial charge in [-0.15, -0.1) is 0 Å². The van der Waals surface area contributed by atoms with Crippen LogP contribution in [-0.4, -0.2) is 57.7 Å². The molecule has 2 aliphatic heterocycles. The molecule has 2 aromatic rings. The van der Waals surface area contributed by atoms with Crippen molar-refractivity contribution in [2.75, 3.05) is 24.5 Å². The lowest BCUT2D eigenvalue weighted by Gasteiger charge is -2.23. The van der Waals surface area contributed by atoms with E-state index in [2.05, 4.69) is 20.9 Å². The molecule has 7 nitrogen and oxygen atoms in total. The number of alkyl halides is 3. The van der Waals surface area contributed by atoms with Crippen molar-refractivity contribution >= 4 is 17.7 Å². The number of aromatic nitrogens is 2. The van der Waals surface area contributed by atoms with Gasteiger partial charge in [0, 0.05) is 43.9 Å². The van der Waals surface area contributed by atoms with E-state index in [1.807, 2.05) is 41.4 Å². The van der Waals surface area contributed by atoms with Crippen LogP contribution in [0.3, 0.4) is 0 Å². The summed E-state index contributed by atoms with van der Waals surface area (Å²) in [7, 11) is 0. The summed E-state index contributed by atoms with van der Waals surface area (Å²) in [6, 6.07) is 11.8. The topological polar surface area (TPSA) is 86.6 Å². The highest BCUT2D eigenvalue weighted by Crippen LogP contribution is 2.41. The fourth-order valence-electron chi connectivity index (χ4n) is 3.77. The van der Waals surface area contributed by atoms with Crippen molar-refractivity contribution < 1.29 is 27.9 Å². The van der Waals surface area contributed by atoms with Crippen LogP contribution < -0.4 is 4.90 Å². The molecule has 1 N–H and O–H groups in total. The monoisotopic (exact) mass is 422 g/mol. The third kappa shape index (κ3) is 5.32. The van der Waals surface area contributed by atoms with E-state index in [-0.39, 0.29) is 11.3 Å². The molecule has 0 radical (unpaired) electrons. The number of hydrogen-bond donors (Lipinski definition) is 1. The van der Waals surface area contributed by atoms with Crippen molar-refractivity contribution in [3.63, 3.8) is 0 Å². The smallest absolute Gasteiger partial charge is 0.475 e. The molecule has 1 spiro atoms. The van der Waals surface area contributed by atoms with E-state index in [1.54, 1.807) is 6.20 Å².